The smallest absolute Gasteiger partial charge is 0.339 e. The number of nitrogens with one attached hydrogen (secondary N) is 1. The summed E-state index contributed by atoms with van der Waals surface area (Å²) in [6, 6.07) is 13.2. The zero-order chi connectivity index (χ0) is 17.3. The highest BCUT2D eigenvalue weighted by atomic mass is 16.6. The molecule has 0 saturated heterocycles. The summed E-state index contributed by atoms with van der Waals surface area (Å²) >= 11 is 0. The quantitative estimate of drug-likeness (QED) is 0.877. The molecule has 24 heavy (non-hydrogen) atoms. The predicted molar refractivity (Wildman–Crippen MR) is 93.2 cm³/mol. The van der Waals surface area contributed by atoms with E-state index in [0.717, 1.165) is 28.8 Å². The van der Waals surface area contributed by atoms with Crippen molar-refractivity contribution in [3.05, 3.63) is 64.7 Å². The van der Waals surface area contributed by atoms with Gasteiger partial charge in [-0.3, -0.25) is 4.79 Å². The van der Waals surface area contributed by atoms with Crippen LogP contribution in [0.5, 0.6) is 0 Å². The highest BCUT2D eigenvalue weighted by Gasteiger charge is 2.42. The van der Waals surface area contributed by atoms with Crippen LogP contribution in [0, 0.1) is 6.92 Å². The minimum Gasteiger partial charge on any atom is -0.445 e. The summed E-state index contributed by atoms with van der Waals surface area (Å²) in [5.41, 5.74) is 3.03. The molecule has 1 heterocycles. The Kier molecular flexibility index (Phi) is 4.14. The maximum Gasteiger partial charge on any atom is 0.339 e. The van der Waals surface area contributed by atoms with Crippen molar-refractivity contribution < 1.29 is 14.3 Å². The summed E-state index contributed by atoms with van der Waals surface area (Å²) < 4.78 is 5.50. The topological polar surface area (TPSA) is 55.4 Å². The molecule has 1 amide bonds. The number of cyclic esters (lactones) is 1. The number of anilines is 1. The Balaban J connectivity index is 1.90. The molecule has 1 atom stereocenters. The molecule has 0 radical (unpaired) electrons. The number of para-hydroxylation sites is 1. The van der Waals surface area contributed by atoms with E-state index in [1.54, 1.807) is 19.1 Å². The molecule has 4 nitrogen and oxygen atoms in total. The summed E-state index contributed by atoms with van der Waals surface area (Å²) in [7, 11) is 0. The van der Waals surface area contributed by atoms with Gasteiger partial charge in [-0.05, 0) is 43.0 Å². The maximum atomic E-state index is 12.9. The van der Waals surface area contributed by atoms with Crippen LogP contribution in [0.1, 0.15) is 40.9 Å². The molecule has 0 fully saturated rings. The molecule has 124 valence electrons. The summed E-state index contributed by atoms with van der Waals surface area (Å²) in [6.45, 7) is 5.67. The lowest BCUT2D eigenvalue weighted by Gasteiger charge is -2.33. The van der Waals surface area contributed by atoms with Gasteiger partial charge in [0, 0.05) is 12.1 Å². The first-order chi connectivity index (χ1) is 11.4. The van der Waals surface area contributed by atoms with Crippen LogP contribution in [0.2, 0.25) is 0 Å². The second kappa shape index (κ2) is 6.11. The van der Waals surface area contributed by atoms with Crippen LogP contribution in [0.4, 0.5) is 5.69 Å². The van der Waals surface area contributed by atoms with E-state index in [2.05, 4.69) is 5.32 Å². The van der Waals surface area contributed by atoms with Gasteiger partial charge in [-0.15, -0.1) is 0 Å². The second-order valence-electron chi connectivity index (χ2n) is 6.37. The van der Waals surface area contributed by atoms with Crippen molar-refractivity contribution in [2.45, 2.75) is 39.2 Å². The fraction of sp³-hybridized carbons (Fsp3) is 0.300. The molecule has 0 aromatic heterocycles. The Hall–Kier alpha value is -2.62. The van der Waals surface area contributed by atoms with Gasteiger partial charge in [0.2, 0.25) is 0 Å². The molecule has 0 unspecified atom stereocenters. The molecular formula is C20H21NO3. The Morgan fingerprint density at radius 3 is 2.71 bits per heavy atom. The average molecular weight is 323 g/mol. The van der Waals surface area contributed by atoms with Gasteiger partial charge in [-0.2, -0.15) is 0 Å². The lowest BCUT2D eigenvalue weighted by atomic mass is 9.89. The van der Waals surface area contributed by atoms with Gasteiger partial charge in [0.05, 0.1) is 5.56 Å². The number of amides is 1. The normalized spacial score (nSPS) is 19.4. The van der Waals surface area contributed by atoms with Crippen molar-refractivity contribution >= 4 is 17.6 Å². The molecule has 1 N–H and O–H groups in total. The zero-order valence-corrected chi connectivity index (χ0v) is 14.2. The zero-order valence-electron chi connectivity index (χ0n) is 14.2. The van der Waals surface area contributed by atoms with E-state index in [9.17, 15) is 9.59 Å². The van der Waals surface area contributed by atoms with Crippen LogP contribution < -0.4 is 5.32 Å². The third kappa shape index (κ3) is 2.80. The minimum absolute atomic E-state index is 0.297. The van der Waals surface area contributed by atoms with Crippen molar-refractivity contribution in [2.24, 2.45) is 0 Å². The predicted octanol–water partition coefficient (Wildman–Crippen LogP) is 3.67. The Morgan fingerprint density at radius 1 is 1.21 bits per heavy atom. The standard InChI is InChI=1S/C20H21NO3/c1-4-14-10-7-8-13(2)17(14)21-19(23)20(3)12-15-9-5-6-11-16(15)18(22)24-20/h5-11H,4,12H2,1-3H3,(H,21,23)/t20-/m1/s1. The number of ether oxygens (including phenoxy) is 1. The van der Waals surface area contributed by atoms with Crippen LogP contribution in [0.15, 0.2) is 42.5 Å². The van der Waals surface area contributed by atoms with Gasteiger partial charge in [0.1, 0.15) is 0 Å². The lowest BCUT2D eigenvalue weighted by molar-refractivity contribution is -0.134. The van der Waals surface area contributed by atoms with Crippen molar-refractivity contribution in [3.63, 3.8) is 0 Å². The van der Waals surface area contributed by atoms with E-state index in [0.29, 0.717) is 12.0 Å². The number of aryl methyl sites for hydroxylation is 2. The van der Waals surface area contributed by atoms with Gasteiger partial charge in [-0.1, -0.05) is 43.3 Å². The monoisotopic (exact) mass is 323 g/mol. The SMILES string of the molecule is CCc1cccc(C)c1NC(=O)[C@@]1(C)Cc2ccccc2C(=O)O1. The van der Waals surface area contributed by atoms with Crippen LogP contribution in [0.25, 0.3) is 0 Å². The summed E-state index contributed by atoms with van der Waals surface area (Å²) in [5, 5.41) is 2.98. The molecule has 1 aliphatic heterocycles. The van der Waals surface area contributed by atoms with E-state index in [4.69, 9.17) is 4.74 Å². The number of esters is 1. The van der Waals surface area contributed by atoms with Crippen molar-refractivity contribution in [1.29, 1.82) is 0 Å². The molecule has 2 aromatic rings. The van der Waals surface area contributed by atoms with E-state index < -0.39 is 11.6 Å². The summed E-state index contributed by atoms with van der Waals surface area (Å²) in [5.74, 6) is -0.746. The third-order valence-electron chi connectivity index (χ3n) is 4.54. The number of fused-ring (bicyclic) bond motifs is 1. The van der Waals surface area contributed by atoms with E-state index in [1.165, 1.54) is 0 Å². The van der Waals surface area contributed by atoms with Crippen LogP contribution >= 0.6 is 0 Å². The third-order valence-corrected chi connectivity index (χ3v) is 4.54. The first-order valence-corrected chi connectivity index (χ1v) is 8.16. The first-order valence-electron chi connectivity index (χ1n) is 8.16. The summed E-state index contributed by atoms with van der Waals surface area (Å²) in [4.78, 5) is 25.1. The maximum absolute atomic E-state index is 12.9. The largest absolute Gasteiger partial charge is 0.445 e. The number of hydrogen-bond donors (Lipinski definition) is 1. The molecular weight excluding hydrogens is 302 g/mol. The van der Waals surface area contributed by atoms with Gasteiger partial charge in [0.25, 0.3) is 5.91 Å². The van der Waals surface area contributed by atoms with E-state index in [1.807, 2.05) is 44.2 Å². The van der Waals surface area contributed by atoms with Crippen molar-refractivity contribution in [3.8, 4) is 0 Å². The number of carbonyl (C=O) groups is 2. The Bertz CT molecular complexity index is 812. The molecule has 0 aliphatic carbocycles. The molecule has 1 aliphatic rings. The Labute approximate surface area is 141 Å². The number of carbonyl (C=O) groups excluding carboxylic acids is 2. The molecule has 2 aromatic carbocycles. The van der Waals surface area contributed by atoms with Gasteiger partial charge < -0.3 is 10.1 Å². The van der Waals surface area contributed by atoms with Crippen molar-refractivity contribution in [1.82, 2.24) is 0 Å². The van der Waals surface area contributed by atoms with Crippen LogP contribution in [0.3, 0.4) is 0 Å². The van der Waals surface area contributed by atoms with E-state index >= 15 is 0 Å². The number of benzene rings is 2. The van der Waals surface area contributed by atoms with Gasteiger partial charge in [0.15, 0.2) is 5.60 Å². The number of hydrogen-bond acceptors (Lipinski definition) is 3. The number of rotatable bonds is 3. The van der Waals surface area contributed by atoms with E-state index in [-0.39, 0.29) is 5.91 Å². The van der Waals surface area contributed by atoms with Gasteiger partial charge >= 0.3 is 5.97 Å². The molecule has 0 spiro atoms. The minimum atomic E-state index is -1.21. The summed E-state index contributed by atoms with van der Waals surface area (Å²) in [6.07, 6.45) is 1.19. The molecule has 0 saturated carbocycles. The molecule has 4 heteroatoms. The first kappa shape index (κ1) is 16.2. The van der Waals surface area contributed by atoms with Crippen LogP contribution in [-0.4, -0.2) is 17.5 Å². The molecule has 0 bridgehead atoms. The molecule has 3 rings (SSSR count). The lowest BCUT2D eigenvalue weighted by Crippen LogP contribution is -2.49. The highest BCUT2D eigenvalue weighted by molar-refractivity contribution is 6.03. The fourth-order valence-electron chi connectivity index (χ4n) is 3.11. The van der Waals surface area contributed by atoms with Crippen molar-refractivity contribution in [2.75, 3.05) is 5.32 Å². The van der Waals surface area contributed by atoms with Crippen LogP contribution in [-0.2, 0) is 22.4 Å². The fourth-order valence-corrected chi connectivity index (χ4v) is 3.11. The Morgan fingerprint density at radius 2 is 1.96 bits per heavy atom. The average Bonchev–Trinajstić information content (AvgIpc) is 2.56. The highest BCUT2D eigenvalue weighted by Crippen LogP contribution is 2.30. The second-order valence-corrected chi connectivity index (χ2v) is 6.37. The van der Waals surface area contributed by atoms with Gasteiger partial charge in [-0.25, -0.2) is 4.79 Å².